The van der Waals surface area contributed by atoms with Gasteiger partial charge in [-0.2, -0.15) is 0 Å². The van der Waals surface area contributed by atoms with Gasteiger partial charge in [0.1, 0.15) is 5.82 Å². The second-order valence-electron chi connectivity index (χ2n) is 3.15. The van der Waals surface area contributed by atoms with Crippen molar-refractivity contribution in [2.24, 2.45) is 0 Å². The Morgan fingerprint density at radius 2 is 2.08 bits per heavy atom. The van der Waals surface area contributed by atoms with Crippen LogP contribution in [0.25, 0.3) is 0 Å². The van der Waals surface area contributed by atoms with E-state index in [9.17, 15) is 4.39 Å². The summed E-state index contributed by atoms with van der Waals surface area (Å²) in [5, 5.41) is 2.95. The molecule has 0 aliphatic heterocycles. The van der Waals surface area contributed by atoms with Crippen molar-refractivity contribution in [3.8, 4) is 0 Å². The molecule has 72 valence electrons. The van der Waals surface area contributed by atoms with Crippen molar-refractivity contribution >= 4 is 27.3 Å². The van der Waals surface area contributed by atoms with Crippen molar-refractivity contribution in [3.63, 3.8) is 0 Å². The van der Waals surface area contributed by atoms with Crippen LogP contribution in [0.15, 0.2) is 16.6 Å². The lowest BCUT2D eigenvalue weighted by Crippen LogP contribution is -2.12. The molecule has 0 heterocycles. The molecule has 2 nitrogen and oxygen atoms in total. The van der Waals surface area contributed by atoms with Crippen LogP contribution in [0.1, 0.15) is 13.8 Å². The van der Waals surface area contributed by atoms with Crippen LogP contribution in [0, 0.1) is 5.82 Å². The maximum Gasteiger partial charge on any atom is 0.149 e. The van der Waals surface area contributed by atoms with E-state index in [-0.39, 0.29) is 11.9 Å². The molecule has 0 aliphatic carbocycles. The Morgan fingerprint density at radius 1 is 1.46 bits per heavy atom. The molecule has 3 N–H and O–H groups in total. The maximum atomic E-state index is 13.3. The third-order valence-corrected chi connectivity index (χ3v) is 1.98. The molecule has 0 bridgehead atoms. The van der Waals surface area contributed by atoms with Gasteiger partial charge in [0.15, 0.2) is 0 Å². The second kappa shape index (κ2) is 3.96. The minimum atomic E-state index is -0.333. The monoisotopic (exact) mass is 246 g/mol. The number of hydrogen-bond acceptors (Lipinski definition) is 2. The van der Waals surface area contributed by atoms with Crippen molar-refractivity contribution in [3.05, 3.63) is 22.4 Å². The predicted octanol–water partition coefficient (Wildman–Crippen LogP) is 2.99. The Labute approximate surface area is 85.4 Å². The van der Waals surface area contributed by atoms with Gasteiger partial charge in [0.2, 0.25) is 0 Å². The molecule has 0 aromatic heterocycles. The Hall–Kier alpha value is -0.770. The van der Waals surface area contributed by atoms with Crippen LogP contribution in [-0.2, 0) is 0 Å². The van der Waals surface area contributed by atoms with Gasteiger partial charge in [0.25, 0.3) is 0 Å². The van der Waals surface area contributed by atoms with E-state index < -0.39 is 0 Å². The molecule has 0 radical (unpaired) electrons. The zero-order chi connectivity index (χ0) is 10.0. The lowest BCUT2D eigenvalue weighted by molar-refractivity contribution is 0.627. The number of nitrogen functional groups attached to an aromatic ring is 1. The molecule has 0 spiro atoms. The number of nitrogens with two attached hydrogens (primary N) is 1. The van der Waals surface area contributed by atoms with Crippen molar-refractivity contribution in [2.75, 3.05) is 11.1 Å². The average molecular weight is 247 g/mol. The molecule has 0 atom stereocenters. The molecule has 0 unspecified atom stereocenters. The van der Waals surface area contributed by atoms with Crippen LogP contribution in [0.4, 0.5) is 15.8 Å². The molecule has 0 saturated carbocycles. The molecule has 0 aliphatic rings. The summed E-state index contributed by atoms with van der Waals surface area (Å²) in [6, 6.07) is 3.23. The van der Waals surface area contributed by atoms with Gasteiger partial charge in [0.05, 0.1) is 11.4 Å². The smallest absolute Gasteiger partial charge is 0.149 e. The van der Waals surface area contributed by atoms with Crippen LogP contribution >= 0.6 is 15.9 Å². The molecule has 0 amide bonds. The van der Waals surface area contributed by atoms with E-state index in [1.807, 2.05) is 13.8 Å². The molecule has 1 aromatic rings. The zero-order valence-corrected chi connectivity index (χ0v) is 9.15. The summed E-state index contributed by atoms with van der Waals surface area (Å²) in [5.41, 5.74) is 6.43. The van der Waals surface area contributed by atoms with E-state index in [1.165, 1.54) is 6.07 Å². The summed E-state index contributed by atoms with van der Waals surface area (Å²) < 4.78 is 13.9. The number of benzene rings is 1. The first kappa shape index (κ1) is 10.3. The molecule has 1 aromatic carbocycles. The van der Waals surface area contributed by atoms with Gasteiger partial charge < -0.3 is 11.1 Å². The lowest BCUT2D eigenvalue weighted by Gasteiger charge is -2.13. The quantitative estimate of drug-likeness (QED) is 0.788. The maximum absolute atomic E-state index is 13.3. The third-order valence-electron chi connectivity index (χ3n) is 1.52. The van der Waals surface area contributed by atoms with E-state index in [1.54, 1.807) is 6.07 Å². The zero-order valence-electron chi connectivity index (χ0n) is 7.57. The molecule has 4 heteroatoms. The highest BCUT2D eigenvalue weighted by molar-refractivity contribution is 9.10. The van der Waals surface area contributed by atoms with Crippen molar-refractivity contribution in [1.82, 2.24) is 0 Å². The SMILES string of the molecule is CC(C)Nc1c(N)cc(Br)cc1F. The Morgan fingerprint density at radius 3 is 2.54 bits per heavy atom. The normalized spacial score (nSPS) is 10.5. The minimum absolute atomic E-state index is 0.165. The first-order valence-corrected chi connectivity index (χ1v) is 4.81. The highest BCUT2D eigenvalue weighted by atomic mass is 79.9. The highest BCUT2D eigenvalue weighted by Gasteiger charge is 2.08. The number of hydrogen-bond donors (Lipinski definition) is 2. The van der Waals surface area contributed by atoms with Gasteiger partial charge in [0, 0.05) is 10.5 Å². The van der Waals surface area contributed by atoms with Gasteiger partial charge in [-0.25, -0.2) is 4.39 Å². The van der Waals surface area contributed by atoms with Crippen LogP contribution in [0.3, 0.4) is 0 Å². The number of anilines is 2. The van der Waals surface area contributed by atoms with Crippen LogP contribution in [0.5, 0.6) is 0 Å². The van der Waals surface area contributed by atoms with Crippen molar-refractivity contribution in [1.29, 1.82) is 0 Å². The first-order valence-electron chi connectivity index (χ1n) is 4.01. The summed E-state index contributed by atoms with van der Waals surface area (Å²) in [6.45, 7) is 3.86. The second-order valence-corrected chi connectivity index (χ2v) is 4.07. The molecular weight excluding hydrogens is 235 g/mol. The van der Waals surface area contributed by atoms with E-state index in [2.05, 4.69) is 21.2 Å². The lowest BCUT2D eigenvalue weighted by atomic mass is 10.2. The fraction of sp³-hybridized carbons (Fsp3) is 0.333. The summed E-state index contributed by atoms with van der Waals surface area (Å²) in [7, 11) is 0. The van der Waals surface area contributed by atoms with Gasteiger partial charge in [-0.05, 0) is 26.0 Å². The summed E-state index contributed by atoms with van der Waals surface area (Å²) in [5.74, 6) is -0.333. The van der Waals surface area contributed by atoms with Gasteiger partial charge >= 0.3 is 0 Å². The summed E-state index contributed by atoms with van der Waals surface area (Å²) in [4.78, 5) is 0. The van der Waals surface area contributed by atoms with E-state index in [4.69, 9.17) is 5.73 Å². The minimum Gasteiger partial charge on any atom is -0.397 e. The highest BCUT2D eigenvalue weighted by Crippen LogP contribution is 2.27. The number of nitrogens with one attached hydrogen (secondary N) is 1. The molecule has 0 fully saturated rings. The van der Waals surface area contributed by atoms with Gasteiger partial charge in [-0.3, -0.25) is 0 Å². The fourth-order valence-electron chi connectivity index (χ4n) is 1.03. The number of rotatable bonds is 2. The molecule has 0 saturated heterocycles. The molecule has 1 rings (SSSR count). The Balaban J connectivity index is 3.06. The molecule has 13 heavy (non-hydrogen) atoms. The van der Waals surface area contributed by atoms with Gasteiger partial charge in [-0.15, -0.1) is 0 Å². The topological polar surface area (TPSA) is 38.0 Å². The van der Waals surface area contributed by atoms with E-state index in [0.29, 0.717) is 15.8 Å². The first-order chi connectivity index (χ1) is 6.00. The third kappa shape index (κ3) is 2.59. The van der Waals surface area contributed by atoms with E-state index in [0.717, 1.165) is 0 Å². The van der Waals surface area contributed by atoms with Crippen molar-refractivity contribution in [2.45, 2.75) is 19.9 Å². The standard InChI is InChI=1S/C9H12BrFN2/c1-5(2)13-9-7(11)3-6(10)4-8(9)12/h3-5,13H,12H2,1-2H3. The summed E-state index contributed by atoms with van der Waals surface area (Å²) in [6.07, 6.45) is 0. The largest absolute Gasteiger partial charge is 0.397 e. The number of halogens is 2. The van der Waals surface area contributed by atoms with Crippen molar-refractivity contribution < 1.29 is 4.39 Å². The van der Waals surface area contributed by atoms with Crippen LogP contribution < -0.4 is 11.1 Å². The fourth-order valence-corrected chi connectivity index (χ4v) is 1.48. The predicted molar refractivity (Wildman–Crippen MR) is 57.3 cm³/mol. The van der Waals surface area contributed by atoms with Crippen LogP contribution in [0.2, 0.25) is 0 Å². The average Bonchev–Trinajstić information content (AvgIpc) is 1.96. The Kier molecular flexibility index (Phi) is 3.14. The van der Waals surface area contributed by atoms with Crippen LogP contribution in [-0.4, -0.2) is 6.04 Å². The van der Waals surface area contributed by atoms with E-state index >= 15 is 0 Å². The molecular formula is C9H12BrFN2. The summed E-state index contributed by atoms with van der Waals surface area (Å²) >= 11 is 3.17. The van der Waals surface area contributed by atoms with Gasteiger partial charge in [-0.1, -0.05) is 15.9 Å². The Bertz CT molecular complexity index is 289.